The summed E-state index contributed by atoms with van der Waals surface area (Å²) in [6.45, 7) is 3.42. The number of aliphatic hydroxyl groups excluding tert-OH is 1. The van der Waals surface area contributed by atoms with Crippen molar-refractivity contribution in [3.63, 3.8) is 0 Å². The number of fused-ring (bicyclic) bond motifs is 1. The van der Waals surface area contributed by atoms with Crippen molar-refractivity contribution in [3.05, 3.63) is 47.8 Å². The van der Waals surface area contributed by atoms with Crippen molar-refractivity contribution in [2.45, 2.75) is 32.4 Å². The van der Waals surface area contributed by atoms with Crippen molar-refractivity contribution in [2.24, 2.45) is 0 Å². The number of carbonyl (C=O) groups is 1. The Hall–Kier alpha value is -2.34. The number of carbonyl (C=O) groups excluding carboxylic acids is 1. The molecule has 2 aromatic rings. The molecule has 1 aliphatic heterocycles. The zero-order valence-electron chi connectivity index (χ0n) is 13.3. The van der Waals surface area contributed by atoms with E-state index < -0.39 is 0 Å². The van der Waals surface area contributed by atoms with E-state index in [1.807, 2.05) is 29.1 Å². The lowest BCUT2D eigenvalue weighted by molar-refractivity contribution is 0.135. The molecule has 0 bridgehead atoms. The molecule has 1 atom stereocenters. The lowest BCUT2D eigenvalue weighted by Crippen LogP contribution is -2.43. The van der Waals surface area contributed by atoms with E-state index in [0.29, 0.717) is 12.2 Å². The number of rotatable bonds is 4. The Morgan fingerprint density at radius 3 is 3.04 bits per heavy atom. The number of urea groups is 1. The maximum atomic E-state index is 12.6. The van der Waals surface area contributed by atoms with Gasteiger partial charge in [-0.3, -0.25) is 4.68 Å². The maximum Gasteiger partial charge on any atom is 0.322 e. The minimum absolute atomic E-state index is 0.0838. The fourth-order valence-electron chi connectivity index (χ4n) is 3.07. The number of benzene rings is 1. The van der Waals surface area contributed by atoms with Crippen LogP contribution in [-0.2, 0) is 13.0 Å². The van der Waals surface area contributed by atoms with Gasteiger partial charge in [-0.05, 0) is 24.0 Å². The van der Waals surface area contributed by atoms with E-state index in [0.717, 1.165) is 24.9 Å². The van der Waals surface area contributed by atoms with Crippen molar-refractivity contribution in [1.82, 2.24) is 14.7 Å². The number of aromatic nitrogens is 2. The second-order valence-corrected chi connectivity index (χ2v) is 5.76. The highest BCUT2D eigenvalue weighted by molar-refractivity contribution is 5.89. The normalized spacial score (nSPS) is 17.0. The van der Waals surface area contributed by atoms with Crippen molar-refractivity contribution in [3.8, 4) is 0 Å². The average molecular weight is 314 g/mol. The highest BCUT2D eigenvalue weighted by atomic mass is 16.3. The summed E-state index contributed by atoms with van der Waals surface area (Å²) >= 11 is 0. The average Bonchev–Trinajstić information content (AvgIpc) is 3.01. The number of nitrogens with zero attached hydrogens (tertiary/aromatic N) is 3. The SMILES string of the molecule is CCCn1cc(NC(=O)N2CCc3ccccc3C2CO)cn1. The molecule has 0 saturated carbocycles. The third-order valence-electron chi connectivity index (χ3n) is 4.18. The Kier molecular flexibility index (Phi) is 4.62. The predicted octanol–water partition coefficient (Wildman–Crippen LogP) is 2.42. The maximum absolute atomic E-state index is 12.6. The van der Waals surface area contributed by atoms with E-state index >= 15 is 0 Å². The van der Waals surface area contributed by atoms with Crippen LogP contribution in [0.25, 0.3) is 0 Å². The fourth-order valence-corrected chi connectivity index (χ4v) is 3.07. The second kappa shape index (κ2) is 6.83. The zero-order chi connectivity index (χ0) is 16.2. The molecule has 0 saturated heterocycles. The van der Waals surface area contributed by atoms with Crippen LogP contribution in [0.2, 0.25) is 0 Å². The monoisotopic (exact) mass is 314 g/mol. The van der Waals surface area contributed by atoms with Crippen LogP contribution in [0.15, 0.2) is 36.7 Å². The van der Waals surface area contributed by atoms with E-state index in [1.165, 1.54) is 5.56 Å². The Morgan fingerprint density at radius 1 is 1.43 bits per heavy atom. The zero-order valence-corrected chi connectivity index (χ0v) is 13.3. The summed E-state index contributed by atoms with van der Waals surface area (Å²) in [4.78, 5) is 14.3. The number of anilines is 1. The van der Waals surface area contributed by atoms with Gasteiger partial charge in [-0.1, -0.05) is 31.2 Å². The van der Waals surface area contributed by atoms with Gasteiger partial charge < -0.3 is 15.3 Å². The van der Waals surface area contributed by atoms with Gasteiger partial charge >= 0.3 is 6.03 Å². The topological polar surface area (TPSA) is 70.4 Å². The second-order valence-electron chi connectivity index (χ2n) is 5.76. The fraction of sp³-hybridized carbons (Fsp3) is 0.412. The van der Waals surface area contributed by atoms with Crippen LogP contribution in [-0.4, -0.2) is 39.0 Å². The number of hydrogen-bond donors (Lipinski definition) is 2. The van der Waals surface area contributed by atoms with Crippen molar-refractivity contribution in [1.29, 1.82) is 0 Å². The third kappa shape index (κ3) is 3.22. The van der Waals surface area contributed by atoms with E-state index in [-0.39, 0.29) is 18.7 Å². The smallest absolute Gasteiger partial charge is 0.322 e. The first-order valence-electron chi connectivity index (χ1n) is 8.01. The van der Waals surface area contributed by atoms with Crippen LogP contribution in [0.4, 0.5) is 10.5 Å². The molecule has 0 fully saturated rings. The number of aryl methyl sites for hydroxylation is 1. The molecule has 2 heterocycles. The molecule has 3 rings (SSSR count). The molecule has 6 nitrogen and oxygen atoms in total. The molecule has 2 N–H and O–H groups in total. The summed E-state index contributed by atoms with van der Waals surface area (Å²) < 4.78 is 1.81. The molecule has 1 aromatic heterocycles. The first-order valence-corrected chi connectivity index (χ1v) is 8.01. The van der Waals surface area contributed by atoms with E-state index in [1.54, 1.807) is 11.1 Å². The van der Waals surface area contributed by atoms with Gasteiger partial charge in [0.05, 0.1) is 24.5 Å². The minimum atomic E-state index is -0.300. The summed E-state index contributed by atoms with van der Waals surface area (Å²) in [7, 11) is 0. The molecule has 0 aliphatic carbocycles. The van der Waals surface area contributed by atoms with E-state index in [9.17, 15) is 9.90 Å². The lowest BCUT2D eigenvalue weighted by atomic mass is 9.93. The number of amides is 2. The Labute approximate surface area is 135 Å². The van der Waals surface area contributed by atoms with Gasteiger partial charge in [-0.2, -0.15) is 5.10 Å². The highest BCUT2D eigenvalue weighted by Gasteiger charge is 2.30. The van der Waals surface area contributed by atoms with Crippen LogP contribution in [0.1, 0.15) is 30.5 Å². The van der Waals surface area contributed by atoms with Crippen LogP contribution in [0.3, 0.4) is 0 Å². The van der Waals surface area contributed by atoms with Crippen molar-refractivity contribution >= 4 is 11.7 Å². The summed E-state index contributed by atoms with van der Waals surface area (Å²) in [6.07, 6.45) is 5.27. The van der Waals surface area contributed by atoms with Gasteiger partial charge in [0, 0.05) is 19.3 Å². The van der Waals surface area contributed by atoms with Gasteiger partial charge in [0.2, 0.25) is 0 Å². The molecular formula is C17H22N4O2. The molecular weight excluding hydrogens is 292 g/mol. The number of hydrogen-bond acceptors (Lipinski definition) is 3. The van der Waals surface area contributed by atoms with Crippen molar-refractivity contribution in [2.75, 3.05) is 18.5 Å². The van der Waals surface area contributed by atoms with Crippen LogP contribution in [0.5, 0.6) is 0 Å². The number of aliphatic hydroxyl groups is 1. The first-order chi connectivity index (χ1) is 11.2. The minimum Gasteiger partial charge on any atom is -0.394 e. The standard InChI is InChI=1S/C17H22N4O2/c1-2-8-20-11-14(10-18-20)19-17(23)21-9-7-13-5-3-4-6-15(13)16(21)12-22/h3-6,10-11,16,22H,2,7-9,12H2,1H3,(H,19,23). The summed E-state index contributed by atoms with van der Waals surface area (Å²) in [5.74, 6) is 0. The first kappa shape index (κ1) is 15.6. The third-order valence-corrected chi connectivity index (χ3v) is 4.18. The van der Waals surface area contributed by atoms with E-state index in [2.05, 4.69) is 23.4 Å². The van der Waals surface area contributed by atoms with Crippen LogP contribution < -0.4 is 5.32 Å². The van der Waals surface area contributed by atoms with E-state index in [4.69, 9.17) is 0 Å². The Morgan fingerprint density at radius 2 is 2.26 bits per heavy atom. The van der Waals surface area contributed by atoms with Gasteiger partial charge in [0.1, 0.15) is 0 Å². The molecule has 2 amide bonds. The van der Waals surface area contributed by atoms with Gasteiger partial charge in [-0.15, -0.1) is 0 Å². The number of nitrogens with one attached hydrogen (secondary N) is 1. The molecule has 6 heteroatoms. The molecule has 122 valence electrons. The molecule has 1 aromatic carbocycles. The predicted molar refractivity (Wildman–Crippen MR) is 88.2 cm³/mol. The quantitative estimate of drug-likeness (QED) is 0.910. The van der Waals surface area contributed by atoms with Gasteiger partial charge in [0.25, 0.3) is 0 Å². The van der Waals surface area contributed by atoms with Crippen molar-refractivity contribution < 1.29 is 9.90 Å². The molecule has 0 spiro atoms. The molecule has 1 unspecified atom stereocenters. The summed E-state index contributed by atoms with van der Waals surface area (Å²) in [6, 6.07) is 7.47. The molecule has 0 radical (unpaired) electrons. The molecule has 23 heavy (non-hydrogen) atoms. The molecule has 1 aliphatic rings. The summed E-state index contributed by atoms with van der Waals surface area (Å²) in [5.41, 5.74) is 2.91. The van der Waals surface area contributed by atoms with Gasteiger partial charge in [0.15, 0.2) is 0 Å². The Balaban J connectivity index is 1.74. The summed E-state index contributed by atoms with van der Waals surface area (Å²) in [5, 5.41) is 16.9. The van der Waals surface area contributed by atoms with Gasteiger partial charge in [-0.25, -0.2) is 4.79 Å². The van der Waals surface area contributed by atoms with Crippen LogP contribution in [0, 0.1) is 0 Å². The van der Waals surface area contributed by atoms with Crippen LogP contribution >= 0.6 is 0 Å². The lowest BCUT2D eigenvalue weighted by Gasteiger charge is -2.36. The Bertz CT molecular complexity index is 683. The largest absolute Gasteiger partial charge is 0.394 e. The highest BCUT2D eigenvalue weighted by Crippen LogP contribution is 2.29.